The average molecular weight is 319 g/mol. The number of aliphatic carboxylic acids is 1. The Bertz CT molecular complexity index is 638. The minimum atomic E-state index is -0.780. The van der Waals surface area contributed by atoms with Gasteiger partial charge >= 0.3 is 5.97 Å². The lowest BCUT2D eigenvalue weighted by atomic mass is 9.97. The van der Waals surface area contributed by atoms with Crippen molar-refractivity contribution in [2.75, 3.05) is 6.54 Å². The number of hydrogen-bond donors (Lipinski definition) is 3. The molecule has 0 amide bonds. The quantitative estimate of drug-likeness (QED) is 0.699. The maximum atomic E-state index is 13.0. The molecule has 0 fully saturated rings. The van der Waals surface area contributed by atoms with Crippen molar-refractivity contribution in [2.24, 2.45) is 11.8 Å². The molecule has 0 aliphatic rings. The van der Waals surface area contributed by atoms with E-state index in [-0.39, 0.29) is 5.82 Å². The second-order valence-corrected chi connectivity index (χ2v) is 6.07. The van der Waals surface area contributed by atoms with Crippen LogP contribution in [-0.4, -0.2) is 27.8 Å². The number of rotatable bonds is 8. The SMILES string of the molecule is CC(C)CC(CNCc1cn[nH]c1-c1ccc(F)cc1)C(=O)O. The number of halogens is 1. The number of aromatic amines is 1. The molecule has 1 atom stereocenters. The van der Waals surface area contributed by atoms with Gasteiger partial charge in [0.25, 0.3) is 0 Å². The predicted molar refractivity (Wildman–Crippen MR) is 86.3 cm³/mol. The lowest BCUT2D eigenvalue weighted by Crippen LogP contribution is -2.29. The summed E-state index contributed by atoms with van der Waals surface area (Å²) >= 11 is 0. The van der Waals surface area contributed by atoms with Gasteiger partial charge in [-0.25, -0.2) is 4.39 Å². The summed E-state index contributed by atoms with van der Waals surface area (Å²) in [4.78, 5) is 11.3. The normalized spacial score (nSPS) is 12.5. The van der Waals surface area contributed by atoms with Crippen LogP contribution in [0.15, 0.2) is 30.5 Å². The van der Waals surface area contributed by atoms with Crippen LogP contribution in [0.5, 0.6) is 0 Å². The average Bonchev–Trinajstić information content (AvgIpc) is 2.95. The summed E-state index contributed by atoms with van der Waals surface area (Å²) in [6, 6.07) is 6.17. The Morgan fingerprint density at radius 2 is 2.04 bits per heavy atom. The first kappa shape index (κ1) is 17.1. The molecule has 1 heterocycles. The number of carbonyl (C=O) groups is 1. The van der Waals surface area contributed by atoms with Crippen molar-refractivity contribution in [3.63, 3.8) is 0 Å². The zero-order valence-electron chi connectivity index (χ0n) is 13.3. The van der Waals surface area contributed by atoms with Gasteiger partial charge < -0.3 is 10.4 Å². The Balaban J connectivity index is 1.98. The highest BCUT2D eigenvalue weighted by Gasteiger charge is 2.18. The van der Waals surface area contributed by atoms with Gasteiger partial charge in [-0.3, -0.25) is 9.89 Å². The Labute approximate surface area is 134 Å². The monoisotopic (exact) mass is 319 g/mol. The number of hydrogen-bond acceptors (Lipinski definition) is 3. The summed E-state index contributed by atoms with van der Waals surface area (Å²) in [5.74, 6) is -1.14. The number of carboxylic acid groups (broad SMARTS) is 1. The van der Waals surface area contributed by atoms with Gasteiger partial charge in [0.2, 0.25) is 0 Å². The van der Waals surface area contributed by atoms with Gasteiger partial charge in [-0.15, -0.1) is 0 Å². The van der Waals surface area contributed by atoms with Crippen molar-refractivity contribution in [1.82, 2.24) is 15.5 Å². The van der Waals surface area contributed by atoms with Gasteiger partial charge in [-0.05, 0) is 36.6 Å². The fraction of sp³-hybridized carbons (Fsp3) is 0.412. The molecule has 0 aliphatic carbocycles. The van der Waals surface area contributed by atoms with E-state index in [0.29, 0.717) is 25.4 Å². The summed E-state index contributed by atoms with van der Waals surface area (Å²) in [5.41, 5.74) is 2.58. The number of H-pyrrole nitrogens is 1. The topological polar surface area (TPSA) is 78.0 Å². The second kappa shape index (κ2) is 7.87. The van der Waals surface area contributed by atoms with Crippen LogP contribution in [0.4, 0.5) is 4.39 Å². The molecule has 0 bridgehead atoms. The number of nitrogens with one attached hydrogen (secondary N) is 2. The Morgan fingerprint density at radius 3 is 2.65 bits per heavy atom. The van der Waals surface area contributed by atoms with Crippen molar-refractivity contribution >= 4 is 5.97 Å². The number of carboxylic acids is 1. The first-order valence-corrected chi connectivity index (χ1v) is 7.69. The van der Waals surface area contributed by atoms with Crippen LogP contribution < -0.4 is 5.32 Å². The van der Waals surface area contributed by atoms with E-state index in [2.05, 4.69) is 15.5 Å². The molecular weight excluding hydrogens is 297 g/mol. The molecule has 0 spiro atoms. The molecular formula is C17H22FN3O2. The van der Waals surface area contributed by atoms with Crippen LogP contribution in [0.2, 0.25) is 0 Å². The fourth-order valence-electron chi connectivity index (χ4n) is 2.53. The minimum absolute atomic E-state index is 0.286. The van der Waals surface area contributed by atoms with Crippen molar-refractivity contribution in [2.45, 2.75) is 26.8 Å². The maximum absolute atomic E-state index is 13.0. The molecule has 0 radical (unpaired) electrons. The molecule has 5 nitrogen and oxygen atoms in total. The third-order valence-electron chi connectivity index (χ3n) is 3.66. The predicted octanol–water partition coefficient (Wildman–Crippen LogP) is 3.05. The van der Waals surface area contributed by atoms with E-state index in [1.54, 1.807) is 18.3 Å². The molecule has 6 heteroatoms. The third kappa shape index (κ3) is 4.89. The first-order valence-electron chi connectivity index (χ1n) is 7.69. The molecule has 0 saturated heterocycles. The summed E-state index contributed by atoms with van der Waals surface area (Å²) < 4.78 is 13.0. The van der Waals surface area contributed by atoms with E-state index in [0.717, 1.165) is 16.8 Å². The van der Waals surface area contributed by atoms with E-state index in [1.807, 2.05) is 13.8 Å². The molecule has 124 valence electrons. The highest BCUT2D eigenvalue weighted by Crippen LogP contribution is 2.21. The third-order valence-corrected chi connectivity index (χ3v) is 3.66. The molecule has 0 saturated carbocycles. The van der Waals surface area contributed by atoms with Crippen molar-refractivity contribution < 1.29 is 14.3 Å². The van der Waals surface area contributed by atoms with Crippen LogP contribution in [0.1, 0.15) is 25.8 Å². The van der Waals surface area contributed by atoms with Gasteiger partial charge in [0.1, 0.15) is 5.82 Å². The van der Waals surface area contributed by atoms with Crippen molar-refractivity contribution in [1.29, 1.82) is 0 Å². The van der Waals surface area contributed by atoms with Gasteiger partial charge in [-0.2, -0.15) is 5.10 Å². The highest BCUT2D eigenvalue weighted by atomic mass is 19.1. The molecule has 1 aromatic heterocycles. The van der Waals surface area contributed by atoms with Crippen LogP contribution in [-0.2, 0) is 11.3 Å². The summed E-state index contributed by atoms with van der Waals surface area (Å²) in [5, 5.41) is 19.4. The van der Waals surface area contributed by atoms with Crippen molar-refractivity contribution in [3.05, 3.63) is 41.8 Å². The lowest BCUT2D eigenvalue weighted by molar-refractivity contribution is -0.142. The van der Waals surface area contributed by atoms with Gasteiger partial charge in [0.05, 0.1) is 17.8 Å². The van der Waals surface area contributed by atoms with Gasteiger partial charge in [-0.1, -0.05) is 13.8 Å². The largest absolute Gasteiger partial charge is 0.481 e. The minimum Gasteiger partial charge on any atom is -0.481 e. The second-order valence-electron chi connectivity index (χ2n) is 6.07. The van der Waals surface area contributed by atoms with Gasteiger partial charge in [0, 0.05) is 24.2 Å². The van der Waals surface area contributed by atoms with Crippen LogP contribution in [0.25, 0.3) is 11.3 Å². The van der Waals surface area contributed by atoms with E-state index >= 15 is 0 Å². The van der Waals surface area contributed by atoms with Crippen LogP contribution >= 0.6 is 0 Å². The van der Waals surface area contributed by atoms with Crippen LogP contribution in [0.3, 0.4) is 0 Å². The molecule has 1 unspecified atom stereocenters. The number of nitrogens with zero attached hydrogens (tertiary/aromatic N) is 1. The van der Waals surface area contributed by atoms with Crippen molar-refractivity contribution in [3.8, 4) is 11.3 Å². The van der Waals surface area contributed by atoms with E-state index in [9.17, 15) is 14.3 Å². The highest BCUT2D eigenvalue weighted by molar-refractivity contribution is 5.70. The molecule has 0 aliphatic heterocycles. The zero-order valence-corrected chi connectivity index (χ0v) is 13.3. The Hall–Kier alpha value is -2.21. The Kier molecular flexibility index (Phi) is 5.87. The fourth-order valence-corrected chi connectivity index (χ4v) is 2.53. The van der Waals surface area contributed by atoms with E-state index in [1.165, 1.54) is 12.1 Å². The summed E-state index contributed by atoms with van der Waals surface area (Å²) in [6.07, 6.45) is 2.34. The maximum Gasteiger partial charge on any atom is 0.307 e. The lowest BCUT2D eigenvalue weighted by Gasteiger charge is -2.15. The zero-order chi connectivity index (χ0) is 16.8. The molecule has 1 aromatic carbocycles. The molecule has 3 N–H and O–H groups in total. The molecule has 23 heavy (non-hydrogen) atoms. The number of aromatic nitrogens is 2. The summed E-state index contributed by atoms with van der Waals surface area (Å²) in [6.45, 7) is 4.93. The number of benzene rings is 1. The Morgan fingerprint density at radius 1 is 1.35 bits per heavy atom. The van der Waals surface area contributed by atoms with Gasteiger partial charge in [0.15, 0.2) is 0 Å². The smallest absolute Gasteiger partial charge is 0.307 e. The molecule has 2 rings (SSSR count). The van der Waals surface area contributed by atoms with E-state index < -0.39 is 11.9 Å². The standard InChI is InChI=1S/C17H22FN3O2/c1-11(2)7-13(17(22)23)8-19-9-14-10-20-21-16(14)12-3-5-15(18)6-4-12/h3-6,10-11,13,19H,7-9H2,1-2H3,(H,20,21)(H,22,23). The first-order chi connectivity index (χ1) is 11.0. The van der Waals surface area contributed by atoms with E-state index in [4.69, 9.17) is 0 Å². The van der Waals surface area contributed by atoms with Crippen LogP contribution in [0, 0.1) is 17.7 Å². The summed E-state index contributed by atoms with van der Waals surface area (Å²) in [7, 11) is 0. The molecule has 2 aromatic rings.